The molecule has 0 amide bonds. The second-order valence-electron chi connectivity index (χ2n) is 5.11. The molecule has 0 aromatic carbocycles. The minimum absolute atomic E-state index is 0.645. The van der Waals surface area contributed by atoms with E-state index in [-0.39, 0.29) is 0 Å². The van der Waals surface area contributed by atoms with Crippen molar-refractivity contribution in [1.29, 1.82) is 0 Å². The minimum Gasteiger partial charge on any atom is -0.369 e. The van der Waals surface area contributed by atoms with Crippen LogP contribution in [0.5, 0.6) is 0 Å². The Bertz CT molecular complexity index is 564. The highest BCUT2D eigenvalue weighted by molar-refractivity contribution is 7.18. The molecule has 2 heterocycles. The van der Waals surface area contributed by atoms with Gasteiger partial charge >= 0.3 is 0 Å². The molecule has 0 fully saturated rings. The lowest BCUT2D eigenvalue weighted by Gasteiger charge is -2.12. The van der Waals surface area contributed by atoms with Crippen LogP contribution in [0, 0.1) is 5.92 Å². The van der Waals surface area contributed by atoms with Gasteiger partial charge in [-0.2, -0.15) is 4.98 Å². The van der Waals surface area contributed by atoms with Gasteiger partial charge in [0.25, 0.3) is 0 Å². The van der Waals surface area contributed by atoms with E-state index in [1.165, 1.54) is 11.3 Å². The molecule has 0 saturated carbocycles. The number of aromatic nitrogens is 2. The molecule has 0 aliphatic rings. The van der Waals surface area contributed by atoms with Crippen LogP contribution in [0.3, 0.4) is 0 Å². The van der Waals surface area contributed by atoms with E-state index in [9.17, 15) is 0 Å². The highest BCUT2D eigenvalue weighted by Crippen LogP contribution is 2.30. The average Bonchev–Trinajstić information content (AvgIpc) is 2.87. The van der Waals surface area contributed by atoms with Gasteiger partial charge in [0.1, 0.15) is 10.6 Å². The van der Waals surface area contributed by atoms with Crippen LogP contribution in [0.2, 0.25) is 0 Å². The monoisotopic (exact) mass is 292 g/mol. The molecule has 2 rings (SSSR count). The summed E-state index contributed by atoms with van der Waals surface area (Å²) in [6, 6.07) is 2.22. The molecule has 1 unspecified atom stereocenters. The van der Waals surface area contributed by atoms with Gasteiger partial charge in [0, 0.05) is 18.0 Å². The molecule has 2 aromatic rings. The Labute approximate surface area is 125 Å². The molecule has 0 aliphatic carbocycles. The maximum atomic E-state index is 4.62. The predicted molar refractivity (Wildman–Crippen MR) is 88.9 cm³/mol. The van der Waals surface area contributed by atoms with Crippen LogP contribution in [0.1, 0.15) is 39.0 Å². The largest absolute Gasteiger partial charge is 0.369 e. The Morgan fingerprint density at radius 3 is 2.65 bits per heavy atom. The van der Waals surface area contributed by atoms with Gasteiger partial charge in [0.2, 0.25) is 5.95 Å². The molecule has 0 saturated heterocycles. The number of rotatable bonds is 7. The molecule has 5 heteroatoms. The summed E-state index contributed by atoms with van der Waals surface area (Å²) in [7, 11) is 0. The first-order valence-electron chi connectivity index (χ1n) is 7.46. The molecule has 0 aliphatic heterocycles. The van der Waals surface area contributed by atoms with E-state index in [0.717, 1.165) is 41.5 Å². The van der Waals surface area contributed by atoms with Crippen LogP contribution in [0.4, 0.5) is 11.8 Å². The fourth-order valence-electron chi connectivity index (χ4n) is 1.93. The van der Waals surface area contributed by atoms with Crippen molar-refractivity contribution in [3.8, 4) is 0 Å². The number of anilines is 2. The van der Waals surface area contributed by atoms with Gasteiger partial charge < -0.3 is 10.6 Å². The van der Waals surface area contributed by atoms with Crippen molar-refractivity contribution in [2.45, 2.75) is 40.5 Å². The Balaban J connectivity index is 2.34. The average molecular weight is 292 g/mol. The summed E-state index contributed by atoms with van der Waals surface area (Å²) < 4.78 is 0. The summed E-state index contributed by atoms with van der Waals surface area (Å²) in [6.07, 6.45) is 2.22. The lowest BCUT2D eigenvalue weighted by molar-refractivity contribution is 0.593. The lowest BCUT2D eigenvalue weighted by Crippen LogP contribution is -2.12. The van der Waals surface area contributed by atoms with Crippen LogP contribution in [0.15, 0.2) is 6.07 Å². The van der Waals surface area contributed by atoms with Gasteiger partial charge in [0.05, 0.1) is 5.39 Å². The number of aryl methyl sites for hydroxylation is 1. The number of nitrogens with one attached hydrogen (secondary N) is 2. The fraction of sp³-hybridized carbons (Fsp3) is 0.600. The highest BCUT2D eigenvalue weighted by Gasteiger charge is 2.11. The molecule has 2 N–H and O–H groups in total. The molecule has 0 bridgehead atoms. The lowest BCUT2D eigenvalue weighted by atomic mass is 10.1. The van der Waals surface area contributed by atoms with Gasteiger partial charge in [-0.15, -0.1) is 11.3 Å². The van der Waals surface area contributed by atoms with Gasteiger partial charge in [0.15, 0.2) is 0 Å². The van der Waals surface area contributed by atoms with Gasteiger partial charge in [-0.25, -0.2) is 4.98 Å². The molecular weight excluding hydrogens is 268 g/mol. The quantitative estimate of drug-likeness (QED) is 0.805. The topological polar surface area (TPSA) is 49.8 Å². The Morgan fingerprint density at radius 1 is 1.20 bits per heavy atom. The number of fused-ring (bicyclic) bond motifs is 1. The van der Waals surface area contributed by atoms with Crippen molar-refractivity contribution < 1.29 is 0 Å². The molecule has 4 nitrogen and oxygen atoms in total. The zero-order chi connectivity index (χ0) is 14.5. The van der Waals surface area contributed by atoms with E-state index in [0.29, 0.717) is 5.92 Å². The smallest absolute Gasteiger partial charge is 0.226 e. The van der Waals surface area contributed by atoms with Crippen molar-refractivity contribution in [3.63, 3.8) is 0 Å². The summed E-state index contributed by atoms with van der Waals surface area (Å²) in [5, 5.41) is 7.85. The predicted octanol–water partition coefficient (Wildman–Crippen LogP) is 4.14. The van der Waals surface area contributed by atoms with E-state index < -0.39 is 0 Å². The SMILES string of the molecule is CCNc1nc(NCC(C)CC)c2cc(CC)sc2n1. The summed E-state index contributed by atoms with van der Waals surface area (Å²) >= 11 is 1.76. The maximum Gasteiger partial charge on any atom is 0.226 e. The van der Waals surface area contributed by atoms with Crippen molar-refractivity contribution >= 4 is 33.3 Å². The molecule has 110 valence electrons. The zero-order valence-electron chi connectivity index (χ0n) is 12.8. The summed E-state index contributed by atoms with van der Waals surface area (Å²) in [4.78, 5) is 11.6. The van der Waals surface area contributed by atoms with Crippen molar-refractivity contribution in [2.24, 2.45) is 5.92 Å². The van der Waals surface area contributed by atoms with E-state index in [2.05, 4.69) is 54.4 Å². The third kappa shape index (κ3) is 3.39. The highest BCUT2D eigenvalue weighted by atomic mass is 32.1. The van der Waals surface area contributed by atoms with Crippen molar-refractivity contribution in [3.05, 3.63) is 10.9 Å². The first-order chi connectivity index (χ1) is 9.67. The van der Waals surface area contributed by atoms with Crippen LogP contribution in [-0.2, 0) is 6.42 Å². The molecule has 0 radical (unpaired) electrons. The number of thiophene rings is 1. The van der Waals surface area contributed by atoms with Crippen molar-refractivity contribution in [1.82, 2.24) is 9.97 Å². The molecule has 0 spiro atoms. The minimum atomic E-state index is 0.645. The maximum absolute atomic E-state index is 4.62. The van der Waals surface area contributed by atoms with E-state index >= 15 is 0 Å². The van der Waals surface area contributed by atoms with Crippen LogP contribution >= 0.6 is 11.3 Å². The zero-order valence-corrected chi connectivity index (χ0v) is 13.6. The van der Waals surface area contributed by atoms with Crippen LogP contribution in [-0.4, -0.2) is 23.1 Å². The Hall–Kier alpha value is -1.36. The summed E-state index contributed by atoms with van der Waals surface area (Å²) in [5.74, 6) is 2.32. The van der Waals surface area contributed by atoms with E-state index in [1.54, 1.807) is 11.3 Å². The fourth-order valence-corrected chi connectivity index (χ4v) is 2.90. The molecule has 2 aromatic heterocycles. The first kappa shape index (κ1) is 15.0. The Kier molecular flexibility index (Phi) is 5.17. The van der Waals surface area contributed by atoms with Crippen LogP contribution in [0.25, 0.3) is 10.2 Å². The number of hydrogen-bond donors (Lipinski definition) is 2. The number of nitrogens with zero attached hydrogens (tertiary/aromatic N) is 2. The molecule has 20 heavy (non-hydrogen) atoms. The number of hydrogen-bond acceptors (Lipinski definition) is 5. The van der Waals surface area contributed by atoms with Crippen LogP contribution < -0.4 is 10.6 Å². The Morgan fingerprint density at radius 2 is 2.00 bits per heavy atom. The third-order valence-electron chi connectivity index (χ3n) is 3.44. The van der Waals surface area contributed by atoms with Gasteiger partial charge in [-0.1, -0.05) is 27.2 Å². The van der Waals surface area contributed by atoms with Crippen molar-refractivity contribution in [2.75, 3.05) is 23.7 Å². The van der Waals surface area contributed by atoms with E-state index in [1.807, 2.05) is 0 Å². The van der Waals surface area contributed by atoms with Gasteiger partial charge in [-0.3, -0.25) is 0 Å². The summed E-state index contributed by atoms with van der Waals surface area (Å²) in [5.41, 5.74) is 0. The summed E-state index contributed by atoms with van der Waals surface area (Å²) in [6.45, 7) is 10.5. The standard InChI is InChI=1S/C15H24N4S/c1-5-10(4)9-17-13-12-8-11(6-2)20-14(12)19-15(18-13)16-7-3/h8,10H,5-7,9H2,1-4H3,(H2,16,17,18,19). The van der Waals surface area contributed by atoms with Gasteiger partial charge in [-0.05, 0) is 25.3 Å². The third-order valence-corrected chi connectivity index (χ3v) is 4.62. The van der Waals surface area contributed by atoms with E-state index in [4.69, 9.17) is 0 Å². The first-order valence-corrected chi connectivity index (χ1v) is 8.27. The second-order valence-corrected chi connectivity index (χ2v) is 6.22. The molecule has 1 atom stereocenters. The second kappa shape index (κ2) is 6.88. The normalized spacial score (nSPS) is 12.6. The molecular formula is C15H24N4S.